The van der Waals surface area contributed by atoms with Gasteiger partial charge in [0.05, 0.1) is 30.9 Å². The van der Waals surface area contributed by atoms with Crippen molar-refractivity contribution in [1.82, 2.24) is 9.55 Å². The molecule has 0 spiro atoms. The van der Waals surface area contributed by atoms with Gasteiger partial charge in [0.2, 0.25) is 0 Å². The van der Waals surface area contributed by atoms with Crippen molar-refractivity contribution < 1.29 is 9.84 Å². The highest BCUT2D eigenvalue weighted by molar-refractivity contribution is 5.01. The molecule has 1 aliphatic rings. The standard InChI is InChI=1S/C9H14N2O2/c1-13-9-2-7(3-9)11-6-10-4-8(11)5-12/h4,6-7,9,12H,2-3,5H2,1H3. The third kappa shape index (κ3) is 1.47. The number of nitrogens with zero attached hydrogens (tertiary/aromatic N) is 2. The normalized spacial score (nSPS) is 27.2. The second-order valence-corrected chi connectivity index (χ2v) is 3.43. The van der Waals surface area contributed by atoms with Gasteiger partial charge in [0, 0.05) is 13.2 Å². The fraction of sp³-hybridized carbons (Fsp3) is 0.667. The van der Waals surface area contributed by atoms with Crippen LogP contribution in [0.25, 0.3) is 0 Å². The van der Waals surface area contributed by atoms with Crippen LogP contribution in [-0.2, 0) is 11.3 Å². The maximum Gasteiger partial charge on any atom is 0.0951 e. The van der Waals surface area contributed by atoms with Gasteiger partial charge in [0.15, 0.2) is 0 Å². The summed E-state index contributed by atoms with van der Waals surface area (Å²) in [4.78, 5) is 4.01. The van der Waals surface area contributed by atoms with Crippen molar-refractivity contribution >= 4 is 0 Å². The average molecular weight is 182 g/mol. The van der Waals surface area contributed by atoms with E-state index < -0.39 is 0 Å². The molecule has 0 saturated heterocycles. The molecule has 1 saturated carbocycles. The van der Waals surface area contributed by atoms with Gasteiger partial charge in [-0.3, -0.25) is 0 Å². The number of aromatic nitrogens is 2. The molecule has 0 bridgehead atoms. The molecule has 4 nitrogen and oxygen atoms in total. The highest BCUT2D eigenvalue weighted by Crippen LogP contribution is 2.34. The summed E-state index contributed by atoms with van der Waals surface area (Å²) in [6.07, 6.45) is 5.93. The maximum atomic E-state index is 9.01. The molecule has 4 heteroatoms. The summed E-state index contributed by atoms with van der Waals surface area (Å²) in [5.41, 5.74) is 0.888. The molecule has 0 unspecified atom stereocenters. The van der Waals surface area contributed by atoms with Crippen molar-refractivity contribution in [3.63, 3.8) is 0 Å². The van der Waals surface area contributed by atoms with Crippen LogP contribution in [0.2, 0.25) is 0 Å². The predicted molar refractivity (Wildman–Crippen MR) is 47.2 cm³/mol. The lowest BCUT2D eigenvalue weighted by Gasteiger charge is -2.35. The number of aliphatic hydroxyl groups is 1. The summed E-state index contributed by atoms with van der Waals surface area (Å²) >= 11 is 0. The minimum absolute atomic E-state index is 0.0636. The van der Waals surface area contributed by atoms with Gasteiger partial charge >= 0.3 is 0 Å². The SMILES string of the molecule is COC1CC(n2cncc2CO)C1. The lowest BCUT2D eigenvalue weighted by atomic mass is 9.89. The molecule has 1 fully saturated rings. The Morgan fingerprint density at radius 2 is 2.46 bits per heavy atom. The van der Waals surface area contributed by atoms with Crippen LogP contribution in [0, 0.1) is 0 Å². The zero-order valence-corrected chi connectivity index (χ0v) is 7.68. The number of imidazole rings is 1. The van der Waals surface area contributed by atoms with Crippen LogP contribution in [0.5, 0.6) is 0 Å². The summed E-state index contributed by atoms with van der Waals surface area (Å²) in [6.45, 7) is 0.0636. The maximum absolute atomic E-state index is 9.01. The third-order valence-electron chi connectivity index (χ3n) is 2.70. The summed E-state index contributed by atoms with van der Waals surface area (Å²) in [6, 6.07) is 0.467. The fourth-order valence-corrected chi connectivity index (χ4v) is 1.74. The molecule has 1 aliphatic carbocycles. The smallest absolute Gasteiger partial charge is 0.0951 e. The molecule has 0 atom stereocenters. The van der Waals surface area contributed by atoms with Gasteiger partial charge in [-0.1, -0.05) is 0 Å². The molecule has 13 heavy (non-hydrogen) atoms. The minimum atomic E-state index is 0.0636. The van der Waals surface area contributed by atoms with Crippen LogP contribution in [0.1, 0.15) is 24.6 Å². The number of hydrogen-bond donors (Lipinski definition) is 1. The Morgan fingerprint density at radius 3 is 3.08 bits per heavy atom. The van der Waals surface area contributed by atoms with Crippen molar-refractivity contribution in [1.29, 1.82) is 0 Å². The quantitative estimate of drug-likeness (QED) is 0.749. The number of hydrogen-bond acceptors (Lipinski definition) is 3. The monoisotopic (exact) mass is 182 g/mol. The molecular formula is C9H14N2O2. The highest BCUT2D eigenvalue weighted by Gasteiger charge is 2.31. The first-order valence-corrected chi connectivity index (χ1v) is 4.49. The van der Waals surface area contributed by atoms with Crippen LogP contribution in [0.4, 0.5) is 0 Å². The third-order valence-corrected chi connectivity index (χ3v) is 2.70. The van der Waals surface area contributed by atoms with Crippen molar-refractivity contribution in [2.45, 2.75) is 31.6 Å². The molecule has 72 valence electrons. The highest BCUT2D eigenvalue weighted by atomic mass is 16.5. The van der Waals surface area contributed by atoms with Gasteiger partial charge in [-0.2, -0.15) is 0 Å². The molecule has 1 aromatic rings. The van der Waals surface area contributed by atoms with E-state index in [0.717, 1.165) is 18.5 Å². The molecule has 2 rings (SSSR count). The van der Waals surface area contributed by atoms with Gasteiger partial charge in [-0.15, -0.1) is 0 Å². The van der Waals surface area contributed by atoms with E-state index in [1.54, 1.807) is 19.6 Å². The first-order chi connectivity index (χ1) is 6.35. The van der Waals surface area contributed by atoms with E-state index >= 15 is 0 Å². The van der Waals surface area contributed by atoms with Crippen LogP contribution in [0.15, 0.2) is 12.5 Å². The molecule has 0 aromatic carbocycles. The van der Waals surface area contributed by atoms with Crippen LogP contribution < -0.4 is 0 Å². The minimum Gasteiger partial charge on any atom is -0.390 e. The molecule has 0 radical (unpaired) electrons. The van der Waals surface area contributed by atoms with E-state index in [0.29, 0.717) is 12.1 Å². The number of aliphatic hydroxyl groups excluding tert-OH is 1. The zero-order chi connectivity index (χ0) is 9.26. The largest absolute Gasteiger partial charge is 0.390 e. The Balaban J connectivity index is 2.02. The number of methoxy groups -OCH3 is 1. The number of rotatable bonds is 3. The second-order valence-electron chi connectivity index (χ2n) is 3.43. The first-order valence-electron chi connectivity index (χ1n) is 4.49. The van der Waals surface area contributed by atoms with Gasteiger partial charge in [0.25, 0.3) is 0 Å². The van der Waals surface area contributed by atoms with Gasteiger partial charge in [-0.25, -0.2) is 4.98 Å². The second kappa shape index (κ2) is 3.47. The van der Waals surface area contributed by atoms with E-state index in [2.05, 4.69) is 4.98 Å². The molecule has 1 aromatic heterocycles. The van der Waals surface area contributed by atoms with Crippen LogP contribution in [-0.4, -0.2) is 27.9 Å². The first kappa shape index (κ1) is 8.72. The Morgan fingerprint density at radius 1 is 1.69 bits per heavy atom. The Labute approximate surface area is 77.2 Å². The van der Waals surface area contributed by atoms with Crippen molar-refractivity contribution in [3.8, 4) is 0 Å². The van der Waals surface area contributed by atoms with E-state index in [4.69, 9.17) is 9.84 Å². The molecule has 0 amide bonds. The zero-order valence-electron chi connectivity index (χ0n) is 7.68. The van der Waals surface area contributed by atoms with E-state index in [9.17, 15) is 0 Å². The van der Waals surface area contributed by atoms with E-state index in [-0.39, 0.29) is 6.61 Å². The van der Waals surface area contributed by atoms with E-state index in [1.165, 1.54) is 0 Å². The van der Waals surface area contributed by atoms with E-state index in [1.807, 2.05) is 4.57 Å². The molecule has 1 heterocycles. The Bertz CT molecular complexity index is 279. The van der Waals surface area contributed by atoms with Crippen molar-refractivity contribution in [2.75, 3.05) is 7.11 Å². The molecular weight excluding hydrogens is 168 g/mol. The fourth-order valence-electron chi connectivity index (χ4n) is 1.74. The summed E-state index contributed by atoms with van der Waals surface area (Å²) in [5, 5.41) is 9.01. The van der Waals surface area contributed by atoms with Gasteiger partial charge in [0.1, 0.15) is 0 Å². The average Bonchev–Trinajstić information content (AvgIpc) is 2.50. The predicted octanol–water partition coefficient (Wildman–Crippen LogP) is 0.725. The van der Waals surface area contributed by atoms with Gasteiger partial charge in [-0.05, 0) is 12.8 Å². The van der Waals surface area contributed by atoms with Crippen molar-refractivity contribution in [2.24, 2.45) is 0 Å². The van der Waals surface area contributed by atoms with Crippen molar-refractivity contribution in [3.05, 3.63) is 18.2 Å². The Hall–Kier alpha value is -0.870. The number of ether oxygens (including phenoxy) is 1. The van der Waals surface area contributed by atoms with Crippen LogP contribution >= 0.6 is 0 Å². The summed E-state index contributed by atoms with van der Waals surface area (Å²) in [7, 11) is 1.74. The summed E-state index contributed by atoms with van der Waals surface area (Å²) in [5.74, 6) is 0. The molecule has 0 aliphatic heterocycles. The Kier molecular flexibility index (Phi) is 2.33. The van der Waals surface area contributed by atoms with Crippen LogP contribution in [0.3, 0.4) is 0 Å². The molecule has 1 N–H and O–H groups in total. The summed E-state index contributed by atoms with van der Waals surface area (Å²) < 4.78 is 7.23. The lowest BCUT2D eigenvalue weighted by molar-refractivity contribution is 0.00458. The topological polar surface area (TPSA) is 47.3 Å². The lowest BCUT2D eigenvalue weighted by Crippen LogP contribution is -2.32. The van der Waals surface area contributed by atoms with Gasteiger partial charge < -0.3 is 14.4 Å².